The predicted octanol–water partition coefficient (Wildman–Crippen LogP) is 4.95. The summed E-state index contributed by atoms with van der Waals surface area (Å²) in [6.07, 6.45) is 3.57. The number of amides is 1. The Balaban J connectivity index is 1.62. The maximum atomic E-state index is 13.1. The Labute approximate surface area is 177 Å². The van der Waals surface area contributed by atoms with Crippen molar-refractivity contribution in [1.82, 2.24) is 15.5 Å². The van der Waals surface area contributed by atoms with Gasteiger partial charge < -0.3 is 10.1 Å². The lowest BCUT2D eigenvalue weighted by Gasteiger charge is -2.11. The van der Waals surface area contributed by atoms with Crippen LogP contribution >= 0.6 is 0 Å². The number of carbonyl (C=O) groups excluding carboxylic acids is 1. The van der Waals surface area contributed by atoms with Gasteiger partial charge in [0.1, 0.15) is 17.4 Å². The molecule has 1 amide bonds. The van der Waals surface area contributed by atoms with Gasteiger partial charge in [-0.1, -0.05) is 30.3 Å². The summed E-state index contributed by atoms with van der Waals surface area (Å²) in [5, 5.41) is 10.7. The van der Waals surface area contributed by atoms with Crippen LogP contribution in [0, 0.1) is 11.6 Å². The number of carbonyl (C=O) groups is 1. The Hall–Kier alpha value is -4.00. The highest BCUT2D eigenvalue weighted by atomic mass is 19.1. The number of H-pyrrole nitrogens is 1. The zero-order valence-corrected chi connectivity index (χ0v) is 16.7. The summed E-state index contributed by atoms with van der Waals surface area (Å²) in [4.78, 5) is 12.8. The number of ether oxygens (including phenoxy) is 1. The normalized spacial score (nSPS) is 11.2. The molecule has 0 spiro atoms. The molecule has 0 aliphatic carbocycles. The molecule has 0 aliphatic heterocycles. The Morgan fingerprint density at radius 2 is 1.68 bits per heavy atom. The largest absolute Gasteiger partial charge is 0.495 e. The van der Waals surface area contributed by atoms with Crippen LogP contribution in [-0.4, -0.2) is 23.2 Å². The fourth-order valence-electron chi connectivity index (χ4n) is 3.25. The summed E-state index contributed by atoms with van der Waals surface area (Å²) in [5.41, 5.74) is 3.25. The van der Waals surface area contributed by atoms with Crippen molar-refractivity contribution in [3.8, 4) is 5.75 Å². The molecule has 156 valence electrons. The van der Waals surface area contributed by atoms with Gasteiger partial charge >= 0.3 is 0 Å². The average molecular weight is 419 g/mol. The number of halogens is 2. The first-order chi connectivity index (χ1) is 15.0. The van der Waals surface area contributed by atoms with Crippen LogP contribution in [0.3, 0.4) is 0 Å². The minimum Gasteiger partial charge on any atom is -0.495 e. The quantitative estimate of drug-likeness (QED) is 0.465. The third-order valence-electron chi connectivity index (χ3n) is 4.83. The fourth-order valence-corrected chi connectivity index (χ4v) is 3.25. The van der Waals surface area contributed by atoms with Gasteiger partial charge in [0.15, 0.2) is 0 Å². The van der Waals surface area contributed by atoms with Gasteiger partial charge in [-0.15, -0.1) is 0 Å². The molecule has 1 heterocycles. The number of nitrogens with one attached hydrogen (secondary N) is 2. The topological polar surface area (TPSA) is 67.0 Å². The minimum absolute atomic E-state index is 0.253. The first kappa shape index (κ1) is 20.3. The van der Waals surface area contributed by atoms with E-state index in [1.165, 1.54) is 31.4 Å². The molecule has 4 rings (SSSR count). The average Bonchev–Trinajstić information content (AvgIpc) is 3.20. The Morgan fingerprint density at radius 1 is 1.00 bits per heavy atom. The van der Waals surface area contributed by atoms with Crippen LogP contribution in [0.4, 0.5) is 8.78 Å². The van der Waals surface area contributed by atoms with Crippen molar-refractivity contribution >= 4 is 29.0 Å². The molecular formula is C24H19F2N3O2. The van der Waals surface area contributed by atoms with E-state index in [0.29, 0.717) is 27.9 Å². The molecule has 1 aromatic heterocycles. The van der Waals surface area contributed by atoms with Gasteiger partial charge in [-0.3, -0.25) is 9.89 Å². The molecule has 4 aromatic rings. The predicted molar refractivity (Wildman–Crippen MR) is 116 cm³/mol. The van der Waals surface area contributed by atoms with Crippen molar-refractivity contribution in [3.05, 3.63) is 94.7 Å². The van der Waals surface area contributed by atoms with Crippen LogP contribution < -0.4 is 10.1 Å². The Kier molecular flexibility index (Phi) is 5.75. The van der Waals surface area contributed by atoms with Crippen molar-refractivity contribution in [2.45, 2.75) is 6.54 Å². The number of methoxy groups -OCH3 is 1. The second-order valence-electron chi connectivity index (χ2n) is 6.87. The maximum absolute atomic E-state index is 13.1. The summed E-state index contributed by atoms with van der Waals surface area (Å²) in [7, 11) is 1.49. The third-order valence-corrected chi connectivity index (χ3v) is 4.83. The van der Waals surface area contributed by atoms with Crippen LogP contribution in [-0.2, 0) is 6.54 Å². The SMILES string of the molecule is COc1c(C(=O)NCc2ccc(F)cc2)ccc2[nH]nc(/C=C/c3ccc(F)cc3)c12. The molecule has 0 aliphatic rings. The van der Waals surface area contributed by atoms with E-state index in [2.05, 4.69) is 15.5 Å². The maximum Gasteiger partial charge on any atom is 0.255 e. The van der Waals surface area contributed by atoms with Gasteiger partial charge in [0.05, 0.1) is 29.3 Å². The van der Waals surface area contributed by atoms with E-state index in [9.17, 15) is 13.6 Å². The molecular weight excluding hydrogens is 400 g/mol. The Morgan fingerprint density at radius 3 is 2.35 bits per heavy atom. The van der Waals surface area contributed by atoms with Crippen molar-refractivity contribution in [1.29, 1.82) is 0 Å². The first-order valence-corrected chi connectivity index (χ1v) is 9.56. The summed E-state index contributed by atoms with van der Waals surface area (Å²) in [5.74, 6) is -0.567. The zero-order chi connectivity index (χ0) is 21.8. The van der Waals surface area contributed by atoms with Gasteiger partial charge in [-0.05, 0) is 53.6 Å². The van der Waals surface area contributed by atoms with Gasteiger partial charge in [-0.25, -0.2) is 8.78 Å². The highest BCUT2D eigenvalue weighted by Crippen LogP contribution is 2.32. The van der Waals surface area contributed by atoms with E-state index in [-0.39, 0.29) is 24.1 Å². The molecule has 0 radical (unpaired) electrons. The van der Waals surface area contributed by atoms with Crippen molar-refractivity contribution in [2.24, 2.45) is 0 Å². The van der Waals surface area contributed by atoms with E-state index < -0.39 is 0 Å². The van der Waals surface area contributed by atoms with E-state index >= 15 is 0 Å². The van der Waals surface area contributed by atoms with Crippen LogP contribution in [0.25, 0.3) is 23.1 Å². The minimum atomic E-state index is -0.330. The standard InChI is InChI=1S/C24H19F2N3O2/c1-31-23-19(24(30)27-14-16-4-9-18(26)10-5-16)11-13-21-22(23)20(28-29-21)12-6-15-2-7-17(25)8-3-15/h2-13H,14H2,1H3,(H,27,30)(H,28,29)/b12-6+. The van der Waals surface area contributed by atoms with E-state index in [1.54, 1.807) is 48.6 Å². The molecule has 7 heteroatoms. The monoisotopic (exact) mass is 419 g/mol. The lowest BCUT2D eigenvalue weighted by molar-refractivity contribution is 0.0948. The number of rotatable bonds is 6. The van der Waals surface area contributed by atoms with Crippen molar-refractivity contribution in [2.75, 3.05) is 7.11 Å². The first-order valence-electron chi connectivity index (χ1n) is 9.56. The molecule has 31 heavy (non-hydrogen) atoms. The van der Waals surface area contributed by atoms with E-state index in [1.807, 2.05) is 0 Å². The molecule has 0 bridgehead atoms. The van der Waals surface area contributed by atoms with E-state index in [4.69, 9.17) is 4.74 Å². The van der Waals surface area contributed by atoms with E-state index in [0.717, 1.165) is 11.1 Å². The molecule has 3 aromatic carbocycles. The summed E-state index contributed by atoms with van der Waals surface area (Å²) < 4.78 is 31.7. The zero-order valence-electron chi connectivity index (χ0n) is 16.7. The number of hydrogen-bond acceptors (Lipinski definition) is 3. The smallest absolute Gasteiger partial charge is 0.255 e. The number of fused-ring (bicyclic) bond motifs is 1. The number of hydrogen-bond donors (Lipinski definition) is 2. The number of aromatic amines is 1. The van der Waals surface area contributed by atoms with Gasteiger partial charge in [0.25, 0.3) is 5.91 Å². The van der Waals surface area contributed by atoms with Crippen LogP contribution in [0.15, 0.2) is 60.7 Å². The Bertz CT molecular complexity index is 1250. The lowest BCUT2D eigenvalue weighted by atomic mass is 10.1. The number of nitrogens with zero attached hydrogens (tertiary/aromatic N) is 1. The van der Waals surface area contributed by atoms with Gasteiger partial charge in [-0.2, -0.15) is 5.10 Å². The highest BCUT2D eigenvalue weighted by Gasteiger charge is 2.18. The van der Waals surface area contributed by atoms with Gasteiger partial charge in [0.2, 0.25) is 0 Å². The molecule has 0 atom stereocenters. The molecule has 5 nitrogen and oxygen atoms in total. The fraction of sp³-hybridized carbons (Fsp3) is 0.0833. The molecule has 0 unspecified atom stereocenters. The van der Waals surface area contributed by atoms with Crippen molar-refractivity contribution < 1.29 is 18.3 Å². The van der Waals surface area contributed by atoms with Gasteiger partial charge in [0, 0.05) is 6.54 Å². The molecule has 2 N–H and O–H groups in total. The highest BCUT2D eigenvalue weighted by molar-refractivity contribution is 6.05. The van der Waals surface area contributed by atoms with Crippen molar-refractivity contribution in [3.63, 3.8) is 0 Å². The van der Waals surface area contributed by atoms with Crippen LogP contribution in [0.1, 0.15) is 27.2 Å². The number of benzene rings is 3. The second kappa shape index (κ2) is 8.79. The summed E-state index contributed by atoms with van der Waals surface area (Å²) in [6, 6.07) is 15.4. The molecule has 0 fully saturated rings. The molecule has 0 saturated carbocycles. The van der Waals surface area contributed by atoms with Crippen LogP contribution in [0.5, 0.6) is 5.75 Å². The third kappa shape index (κ3) is 4.45. The second-order valence-corrected chi connectivity index (χ2v) is 6.87. The number of aromatic nitrogens is 2. The molecule has 0 saturated heterocycles. The van der Waals surface area contributed by atoms with Crippen LogP contribution in [0.2, 0.25) is 0 Å². The lowest BCUT2D eigenvalue weighted by Crippen LogP contribution is -2.23. The summed E-state index contributed by atoms with van der Waals surface area (Å²) in [6.45, 7) is 0.253. The summed E-state index contributed by atoms with van der Waals surface area (Å²) >= 11 is 0.